The number of nitrogens with zero attached hydrogens (tertiary/aromatic N) is 3. The summed E-state index contributed by atoms with van der Waals surface area (Å²) in [6.45, 7) is 5.20. The molecule has 0 fully saturated rings. The smallest absolute Gasteiger partial charge is 0.138 e. The number of hydrogen-bond donors (Lipinski definition) is 1. The largest absolute Gasteiger partial charge is 0.496 e. The second kappa shape index (κ2) is 6.16. The van der Waals surface area contributed by atoms with E-state index in [2.05, 4.69) is 23.9 Å². The maximum atomic E-state index is 6.23. The van der Waals surface area contributed by atoms with Crippen molar-refractivity contribution in [3.63, 3.8) is 0 Å². The molecule has 2 rings (SSSR count). The predicted molar refractivity (Wildman–Crippen MR) is 76.4 cm³/mol. The fourth-order valence-corrected chi connectivity index (χ4v) is 2.74. The Morgan fingerprint density at radius 1 is 1.47 bits per heavy atom. The molecular formula is C13H20N4OS. The number of hydrogen-bond acceptors (Lipinski definition) is 5. The quantitative estimate of drug-likeness (QED) is 0.881. The Bertz CT molecular complexity index is 520. The van der Waals surface area contributed by atoms with Crippen LogP contribution in [-0.2, 0) is 13.0 Å². The van der Waals surface area contributed by atoms with Crippen molar-refractivity contribution in [1.82, 2.24) is 14.8 Å². The van der Waals surface area contributed by atoms with Crippen LogP contribution in [0.4, 0.5) is 0 Å². The maximum absolute atomic E-state index is 6.23. The first-order valence-corrected chi connectivity index (χ1v) is 7.22. The highest BCUT2D eigenvalue weighted by Crippen LogP contribution is 2.27. The van der Waals surface area contributed by atoms with Gasteiger partial charge >= 0.3 is 0 Å². The normalized spacial score (nSPS) is 12.9. The summed E-state index contributed by atoms with van der Waals surface area (Å²) in [4.78, 5) is 5.41. The highest BCUT2D eigenvalue weighted by atomic mass is 32.1. The van der Waals surface area contributed by atoms with Gasteiger partial charge in [-0.2, -0.15) is 5.10 Å². The van der Waals surface area contributed by atoms with Crippen LogP contribution in [0.1, 0.15) is 30.6 Å². The third-order valence-corrected chi connectivity index (χ3v) is 3.88. The summed E-state index contributed by atoms with van der Waals surface area (Å²) < 4.78 is 7.12. The van der Waals surface area contributed by atoms with E-state index in [0.717, 1.165) is 23.0 Å². The number of ether oxygens (including phenoxy) is 1. The van der Waals surface area contributed by atoms with E-state index in [-0.39, 0.29) is 6.04 Å². The van der Waals surface area contributed by atoms with Crippen LogP contribution in [0.2, 0.25) is 0 Å². The third kappa shape index (κ3) is 3.54. The van der Waals surface area contributed by atoms with Crippen molar-refractivity contribution in [3.05, 3.63) is 28.5 Å². The molecule has 1 unspecified atom stereocenters. The minimum absolute atomic E-state index is 0.0657. The van der Waals surface area contributed by atoms with Crippen molar-refractivity contribution in [2.24, 2.45) is 11.7 Å². The molecule has 19 heavy (non-hydrogen) atoms. The van der Waals surface area contributed by atoms with Crippen LogP contribution in [0.5, 0.6) is 5.75 Å². The minimum atomic E-state index is -0.0657. The Labute approximate surface area is 117 Å². The summed E-state index contributed by atoms with van der Waals surface area (Å²) >= 11 is 1.62. The molecule has 0 saturated carbocycles. The Morgan fingerprint density at radius 2 is 2.26 bits per heavy atom. The van der Waals surface area contributed by atoms with E-state index in [0.29, 0.717) is 12.3 Å². The van der Waals surface area contributed by atoms with Crippen molar-refractivity contribution in [1.29, 1.82) is 0 Å². The molecule has 104 valence electrons. The van der Waals surface area contributed by atoms with Crippen molar-refractivity contribution in [2.75, 3.05) is 7.11 Å². The average Bonchev–Trinajstić information content (AvgIpc) is 2.98. The highest BCUT2D eigenvalue weighted by molar-refractivity contribution is 7.10. The molecule has 2 N–H and O–H groups in total. The van der Waals surface area contributed by atoms with Gasteiger partial charge in [-0.05, 0) is 12.0 Å². The summed E-state index contributed by atoms with van der Waals surface area (Å²) in [6, 6.07) is 1.92. The third-order valence-electron chi connectivity index (χ3n) is 2.83. The van der Waals surface area contributed by atoms with Crippen LogP contribution in [0.3, 0.4) is 0 Å². The number of thiophene rings is 1. The van der Waals surface area contributed by atoms with E-state index in [1.165, 1.54) is 0 Å². The summed E-state index contributed by atoms with van der Waals surface area (Å²) in [5.74, 6) is 2.34. The van der Waals surface area contributed by atoms with Crippen molar-refractivity contribution in [3.8, 4) is 5.75 Å². The van der Waals surface area contributed by atoms with Crippen LogP contribution >= 0.6 is 11.3 Å². The van der Waals surface area contributed by atoms with Gasteiger partial charge in [0.2, 0.25) is 0 Å². The van der Waals surface area contributed by atoms with Crippen LogP contribution in [-0.4, -0.2) is 21.9 Å². The zero-order chi connectivity index (χ0) is 13.8. The van der Waals surface area contributed by atoms with Crippen molar-refractivity contribution >= 4 is 11.3 Å². The first-order chi connectivity index (χ1) is 9.10. The average molecular weight is 280 g/mol. The highest BCUT2D eigenvalue weighted by Gasteiger charge is 2.14. The molecule has 0 aromatic carbocycles. The van der Waals surface area contributed by atoms with Gasteiger partial charge in [-0.15, -0.1) is 11.3 Å². The standard InChI is InChI=1S/C13H20N4OS/c1-9(2)6-17-13(15-8-16-17)5-11(14)12-4-10(18-3)7-19-12/h4,7-9,11H,5-6,14H2,1-3H3. The van der Waals surface area contributed by atoms with Gasteiger partial charge in [-0.3, -0.25) is 0 Å². The molecule has 0 bridgehead atoms. The lowest BCUT2D eigenvalue weighted by Crippen LogP contribution is -2.17. The summed E-state index contributed by atoms with van der Waals surface area (Å²) in [7, 11) is 1.66. The van der Waals surface area contributed by atoms with Crippen LogP contribution in [0, 0.1) is 5.92 Å². The van der Waals surface area contributed by atoms with E-state index >= 15 is 0 Å². The Hall–Kier alpha value is -1.40. The van der Waals surface area contributed by atoms with Crippen molar-refractivity contribution < 1.29 is 4.74 Å². The summed E-state index contributed by atoms with van der Waals surface area (Å²) in [6.07, 6.45) is 2.29. The van der Waals surface area contributed by atoms with Gasteiger partial charge in [0.1, 0.15) is 17.9 Å². The Balaban J connectivity index is 2.06. The van der Waals surface area contributed by atoms with Crippen LogP contribution < -0.4 is 10.5 Å². The number of methoxy groups -OCH3 is 1. The molecule has 0 radical (unpaired) electrons. The van der Waals surface area contributed by atoms with E-state index in [1.54, 1.807) is 24.8 Å². The molecule has 2 aromatic rings. The predicted octanol–water partition coefficient (Wildman–Crippen LogP) is 2.25. The second-order valence-electron chi connectivity index (χ2n) is 4.95. The van der Waals surface area contributed by atoms with E-state index in [4.69, 9.17) is 10.5 Å². The molecule has 2 heterocycles. The lowest BCUT2D eigenvalue weighted by molar-refractivity contribution is 0.416. The second-order valence-corrected chi connectivity index (χ2v) is 5.89. The zero-order valence-electron chi connectivity index (χ0n) is 11.5. The molecule has 1 atom stereocenters. The minimum Gasteiger partial charge on any atom is -0.496 e. The summed E-state index contributed by atoms with van der Waals surface area (Å²) in [5, 5.41) is 6.22. The lowest BCUT2D eigenvalue weighted by atomic mass is 10.1. The molecule has 2 aromatic heterocycles. The molecule has 0 aliphatic carbocycles. The van der Waals surface area contributed by atoms with Gasteiger partial charge in [0.15, 0.2) is 0 Å². The lowest BCUT2D eigenvalue weighted by Gasteiger charge is -2.12. The monoisotopic (exact) mass is 280 g/mol. The number of nitrogens with two attached hydrogens (primary N) is 1. The van der Waals surface area contributed by atoms with E-state index in [1.807, 2.05) is 16.1 Å². The molecule has 5 nitrogen and oxygen atoms in total. The van der Waals surface area contributed by atoms with E-state index < -0.39 is 0 Å². The molecule has 0 spiro atoms. The van der Waals surface area contributed by atoms with Crippen molar-refractivity contribution in [2.45, 2.75) is 32.9 Å². The fraction of sp³-hybridized carbons (Fsp3) is 0.538. The SMILES string of the molecule is COc1csc(C(N)Cc2ncnn2CC(C)C)c1. The molecule has 0 aliphatic heterocycles. The number of rotatable bonds is 6. The van der Waals surface area contributed by atoms with Crippen LogP contribution in [0.25, 0.3) is 0 Å². The summed E-state index contributed by atoms with van der Waals surface area (Å²) in [5.41, 5.74) is 6.23. The number of aromatic nitrogens is 3. The Kier molecular flexibility index (Phi) is 4.55. The zero-order valence-corrected chi connectivity index (χ0v) is 12.4. The topological polar surface area (TPSA) is 66.0 Å². The molecule has 0 saturated heterocycles. The fourth-order valence-electron chi connectivity index (χ4n) is 1.88. The van der Waals surface area contributed by atoms with Crippen LogP contribution in [0.15, 0.2) is 17.8 Å². The van der Waals surface area contributed by atoms with Gasteiger partial charge in [0, 0.05) is 29.3 Å². The van der Waals surface area contributed by atoms with Gasteiger partial charge in [0.25, 0.3) is 0 Å². The molecule has 0 amide bonds. The van der Waals surface area contributed by atoms with Gasteiger partial charge in [0.05, 0.1) is 7.11 Å². The molecule has 0 aliphatic rings. The maximum Gasteiger partial charge on any atom is 0.138 e. The Morgan fingerprint density at radius 3 is 2.89 bits per heavy atom. The molecular weight excluding hydrogens is 260 g/mol. The first kappa shape index (κ1) is 14.0. The first-order valence-electron chi connectivity index (χ1n) is 6.34. The van der Waals surface area contributed by atoms with Gasteiger partial charge < -0.3 is 10.5 Å². The molecule has 6 heteroatoms. The van der Waals surface area contributed by atoms with Gasteiger partial charge in [-0.25, -0.2) is 9.67 Å². The van der Waals surface area contributed by atoms with E-state index in [9.17, 15) is 0 Å². The van der Waals surface area contributed by atoms with Gasteiger partial charge in [-0.1, -0.05) is 13.8 Å².